The van der Waals surface area contributed by atoms with Crippen molar-refractivity contribution < 1.29 is 48.8 Å². The minimum atomic E-state index is -5.39. The molecular formula is BeNaO4P. The Labute approximate surface area is 66.7 Å². The maximum Gasteiger partial charge on any atom is 2.00 e. The van der Waals surface area contributed by atoms with Crippen LogP contribution in [-0.2, 0) is 4.57 Å². The van der Waals surface area contributed by atoms with E-state index >= 15 is 0 Å². The van der Waals surface area contributed by atoms with Crippen LogP contribution in [0.25, 0.3) is 0 Å². The molecule has 0 aromatic heterocycles. The summed E-state index contributed by atoms with van der Waals surface area (Å²) >= 11 is 0. The molecule has 0 aromatic rings. The third-order valence-corrected chi connectivity index (χ3v) is 0. The first-order valence-electron chi connectivity index (χ1n) is 0.730. The SMILES string of the molecule is O=P([O-])([O-])[O-].[Be+2].[Na+]. The van der Waals surface area contributed by atoms with Crippen molar-refractivity contribution in [3.05, 3.63) is 0 Å². The summed E-state index contributed by atoms with van der Waals surface area (Å²) in [6.45, 7) is 0. The molecule has 0 radical (unpaired) electrons. The van der Waals surface area contributed by atoms with E-state index in [1.165, 1.54) is 0 Å². The van der Waals surface area contributed by atoms with Crippen LogP contribution in [0.4, 0.5) is 0 Å². The van der Waals surface area contributed by atoms with E-state index in [2.05, 4.69) is 0 Å². The van der Waals surface area contributed by atoms with Gasteiger partial charge in [-0.3, -0.25) is 0 Å². The second kappa shape index (κ2) is 5.42. The van der Waals surface area contributed by atoms with Crippen molar-refractivity contribution in [2.75, 3.05) is 0 Å². The molecule has 32 valence electrons. The van der Waals surface area contributed by atoms with Gasteiger partial charge in [0.2, 0.25) is 0 Å². The average molecular weight is 127 g/mol. The first kappa shape index (κ1) is 15.7. The minimum absolute atomic E-state index is 0. The third-order valence-electron chi connectivity index (χ3n) is 0. The van der Waals surface area contributed by atoms with Crippen molar-refractivity contribution >= 4 is 17.9 Å². The van der Waals surface area contributed by atoms with Crippen molar-refractivity contribution in [1.82, 2.24) is 0 Å². The molecule has 0 saturated carbocycles. The minimum Gasteiger partial charge on any atom is -0.822 e. The third kappa shape index (κ3) is 124. The van der Waals surface area contributed by atoms with Gasteiger partial charge in [0.1, 0.15) is 0 Å². The summed E-state index contributed by atoms with van der Waals surface area (Å²) in [4.78, 5) is 25.6. The Morgan fingerprint density at radius 1 is 1.14 bits per heavy atom. The second-order valence-electron chi connectivity index (χ2n) is 0.447. The Balaban J connectivity index is -0.0000000800. The molecule has 0 amide bonds. The van der Waals surface area contributed by atoms with Crippen LogP contribution in [0.3, 0.4) is 0 Å². The summed E-state index contributed by atoms with van der Waals surface area (Å²) in [5.74, 6) is 0. The van der Waals surface area contributed by atoms with E-state index in [-0.39, 0.29) is 39.7 Å². The van der Waals surface area contributed by atoms with E-state index in [0.29, 0.717) is 0 Å². The van der Waals surface area contributed by atoms with E-state index < -0.39 is 7.82 Å². The molecule has 0 N–H and O–H groups in total. The molecule has 0 bridgehead atoms. The van der Waals surface area contributed by atoms with Crippen LogP contribution in [-0.4, -0.2) is 10.1 Å². The quantitative estimate of drug-likeness (QED) is 0.239. The molecular weight excluding hydrogens is 127 g/mol. The molecule has 0 spiro atoms. The van der Waals surface area contributed by atoms with E-state index in [9.17, 15) is 0 Å². The monoisotopic (exact) mass is 127 g/mol. The Morgan fingerprint density at radius 2 is 1.14 bits per heavy atom. The molecule has 0 heterocycles. The first-order chi connectivity index (χ1) is 2.00. The predicted octanol–water partition coefficient (Wildman–Crippen LogP) is -6.20. The van der Waals surface area contributed by atoms with Crippen LogP contribution in [0.2, 0.25) is 0 Å². The van der Waals surface area contributed by atoms with Crippen molar-refractivity contribution in [3.63, 3.8) is 0 Å². The van der Waals surface area contributed by atoms with Gasteiger partial charge in [-0.25, -0.2) is 0 Å². The number of hydrogen-bond acceptors (Lipinski definition) is 4. The molecule has 4 nitrogen and oxygen atoms in total. The summed E-state index contributed by atoms with van der Waals surface area (Å²) in [5, 5.41) is 0. The standard InChI is InChI=1S/Be.Na.H3O4P/c;;1-5(2,3)4/h;;(H3,1,2,3,4)/q+2;+1;/p-3. The molecule has 0 atom stereocenters. The summed E-state index contributed by atoms with van der Waals surface area (Å²) in [6.07, 6.45) is 0. The van der Waals surface area contributed by atoms with E-state index in [1.807, 2.05) is 0 Å². The second-order valence-corrected chi connectivity index (χ2v) is 1.34. The largest absolute Gasteiger partial charge is 2.00 e. The predicted molar refractivity (Wildman–Crippen MR) is 13.4 cm³/mol. The Bertz CT molecular complexity index is 57.8. The number of rotatable bonds is 0. The van der Waals surface area contributed by atoms with E-state index in [4.69, 9.17) is 19.2 Å². The van der Waals surface area contributed by atoms with Crippen LogP contribution in [0.5, 0.6) is 0 Å². The van der Waals surface area contributed by atoms with Crippen molar-refractivity contribution in [2.45, 2.75) is 0 Å². The molecule has 0 fully saturated rings. The molecule has 0 unspecified atom stereocenters. The summed E-state index contributed by atoms with van der Waals surface area (Å²) in [6, 6.07) is 0. The maximum absolute atomic E-state index is 8.55. The van der Waals surface area contributed by atoms with E-state index in [0.717, 1.165) is 0 Å². The Kier molecular flexibility index (Phi) is 12.2. The summed E-state index contributed by atoms with van der Waals surface area (Å²) in [5.41, 5.74) is 0. The van der Waals surface area contributed by atoms with Gasteiger partial charge in [-0.15, -0.1) is 0 Å². The van der Waals surface area contributed by atoms with Gasteiger partial charge in [-0.1, -0.05) is 0 Å². The van der Waals surface area contributed by atoms with Crippen molar-refractivity contribution in [3.8, 4) is 0 Å². The van der Waals surface area contributed by atoms with Gasteiger partial charge < -0.3 is 19.2 Å². The fourth-order valence-electron chi connectivity index (χ4n) is 0. The topological polar surface area (TPSA) is 86.2 Å². The fraction of sp³-hybridized carbons (Fsp3) is 0. The van der Waals surface area contributed by atoms with Gasteiger partial charge >= 0.3 is 39.7 Å². The van der Waals surface area contributed by atoms with Gasteiger partial charge in [0.05, 0.1) is 0 Å². The summed E-state index contributed by atoms with van der Waals surface area (Å²) in [7, 11) is -5.39. The molecule has 0 aliphatic rings. The Hall–Kier alpha value is 1.28. The molecule has 0 aliphatic carbocycles. The average Bonchev–Trinajstić information content (AvgIpc) is 0.722. The number of hydrogen-bond donors (Lipinski definition) is 0. The first-order valence-corrected chi connectivity index (χ1v) is 2.19. The van der Waals surface area contributed by atoms with Gasteiger partial charge in [0.25, 0.3) is 0 Å². The summed E-state index contributed by atoms with van der Waals surface area (Å²) < 4.78 is 8.55. The molecule has 0 aliphatic heterocycles. The maximum atomic E-state index is 8.55. The van der Waals surface area contributed by atoms with Gasteiger partial charge in [-0.05, 0) is 0 Å². The van der Waals surface area contributed by atoms with Crippen molar-refractivity contribution in [2.24, 2.45) is 0 Å². The smallest absolute Gasteiger partial charge is 0.822 e. The van der Waals surface area contributed by atoms with Crippen LogP contribution in [0.15, 0.2) is 0 Å². The Morgan fingerprint density at radius 3 is 1.14 bits per heavy atom. The molecule has 0 saturated heterocycles. The van der Waals surface area contributed by atoms with E-state index in [1.54, 1.807) is 0 Å². The zero-order chi connectivity index (χ0) is 4.50. The van der Waals surface area contributed by atoms with Gasteiger partial charge in [0, 0.05) is 0 Å². The van der Waals surface area contributed by atoms with Gasteiger partial charge in [-0.2, -0.15) is 7.82 Å². The van der Waals surface area contributed by atoms with Crippen LogP contribution in [0.1, 0.15) is 0 Å². The zero-order valence-corrected chi connectivity index (χ0v) is 6.68. The normalized spacial score (nSPS) is 8.43. The van der Waals surface area contributed by atoms with Crippen LogP contribution in [0, 0.1) is 0 Å². The molecule has 0 aromatic carbocycles. The van der Waals surface area contributed by atoms with Crippen LogP contribution < -0.4 is 44.2 Å². The van der Waals surface area contributed by atoms with Crippen molar-refractivity contribution in [1.29, 1.82) is 0 Å². The zero-order valence-electron chi connectivity index (χ0n) is 3.79. The molecule has 0 rings (SSSR count). The molecule has 7 heteroatoms. The van der Waals surface area contributed by atoms with Crippen LogP contribution >= 0.6 is 7.82 Å². The van der Waals surface area contributed by atoms with Gasteiger partial charge in [0.15, 0.2) is 0 Å². The molecule has 7 heavy (non-hydrogen) atoms. The number of phosphoric acid groups is 1. The fourth-order valence-corrected chi connectivity index (χ4v) is 0.